The van der Waals surface area contributed by atoms with E-state index in [1.165, 1.54) is 6.42 Å². The SMILES string of the molecule is Nc1nc(/C([C]=O)=N/OC2CCCCC2)ns1. The van der Waals surface area contributed by atoms with Gasteiger partial charge in [0.15, 0.2) is 10.8 Å². The summed E-state index contributed by atoms with van der Waals surface area (Å²) in [4.78, 5) is 19.9. The molecule has 0 saturated heterocycles. The molecule has 1 aliphatic rings. The quantitative estimate of drug-likeness (QED) is 0.644. The van der Waals surface area contributed by atoms with Crippen LogP contribution in [-0.4, -0.2) is 27.5 Å². The fraction of sp³-hybridized carbons (Fsp3) is 0.600. The number of hydrogen-bond acceptors (Lipinski definition) is 7. The maximum Gasteiger partial charge on any atom is 0.261 e. The van der Waals surface area contributed by atoms with Crippen LogP contribution in [0.5, 0.6) is 0 Å². The lowest BCUT2D eigenvalue weighted by atomic mass is 9.98. The summed E-state index contributed by atoms with van der Waals surface area (Å²) in [7, 11) is 0. The van der Waals surface area contributed by atoms with Gasteiger partial charge < -0.3 is 10.6 Å². The molecule has 2 rings (SSSR count). The number of nitrogens with zero attached hydrogens (tertiary/aromatic N) is 3. The molecule has 0 aromatic carbocycles. The summed E-state index contributed by atoms with van der Waals surface area (Å²) in [6, 6.07) is 0. The Hall–Kier alpha value is -1.50. The number of nitrogens with two attached hydrogens (primary N) is 1. The first kappa shape index (κ1) is 12.0. The van der Waals surface area contributed by atoms with Gasteiger partial charge in [-0.3, -0.25) is 4.79 Å². The van der Waals surface area contributed by atoms with E-state index in [9.17, 15) is 4.79 Å². The Balaban J connectivity index is 1.99. The van der Waals surface area contributed by atoms with Crippen molar-refractivity contribution in [2.75, 3.05) is 5.73 Å². The normalized spacial score (nSPS) is 18.0. The van der Waals surface area contributed by atoms with Gasteiger partial charge in [0.1, 0.15) is 6.10 Å². The number of anilines is 1. The van der Waals surface area contributed by atoms with Crippen LogP contribution in [0.3, 0.4) is 0 Å². The van der Waals surface area contributed by atoms with E-state index in [1.54, 1.807) is 6.29 Å². The number of oxime groups is 1. The molecule has 7 heteroatoms. The molecule has 0 unspecified atom stereocenters. The molecule has 1 aromatic heterocycles. The second-order valence-electron chi connectivity index (χ2n) is 3.86. The van der Waals surface area contributed by atoms with Gasteiger partial charge in [0.05, 0.1) is 0 Å². The Bertz CT molecular complexity index is 412. The average molecular weight is 253 g/mol. The van der Waals surface area contributed by atoms with Crippen LogP contribution < -0.4 is 5.73 Å². The molecule has 6 nitrogen and oxygen atoms in total. The Morgan fingerprint density at radius 3 is 2.82 bits per heavy atom. The Morgan fingerprint density at radius 1 is 1.47 bits per heavy atom. The van der Waals surface area contributed by atoms with Crippen molar-refractivity contribution in [3.63, 3.8) is 0 Å². The minimum absolute atomic E-state index is 0.0245. The first-order chi connectivity index (χ1) is 8.29. The lowest BCUT2D eigenvalue weighted by Crippen LogP contribution is -2.16. The van der Waals surface area contributed by atoms with Crippen LogP contribution >= 0.6 is 11.5 Å². The molecule has 0 spiro atoms. The topological polar surface area (TPSA) is 90.5 Å². The maximum atomic E-state index is 10.7. The molecule has 0 amide bonds. The highest BCUT2D eigenvalue weighted by atomic mass is 32.1. The summed E-state index contributed by atoms with van der Waals surface area (Å²) < 4.78 is 3.88. The van der Waals surface area contributed by atoms with Crippen molar-refractivity contribution in [2.45, 2.75) is 38.2 Å². The van der Waals surface area contributed by atoms with E-state index in [4.69, 9.17) is 10.6 Å². The number of aromatic nitrogens is 2. The van der Waals surface area contributed by atoms with Crippen LogP contribution in [0.1, 0.15) is 37.9 Å². The predicted octanol–water partition coefficient (Wildman–Crippen LogP) is 1.28. The van der Waals surface area contributed by atoms with Crippen molar-refractivity contribution >= 4 is 28.7 Å². The zero-order valence-corrected chi connectivity index (χ0v) is 10.1. The summed E-state index contributed by atoms with van der Waals surface area (Å²) in [6.07, 6.45) is 7.23. The smallest absolute Gasteiger partial charge is 0.261 e. The van der Waals surface area contributed by atoms with E-state index in [2.05, 4.69) is 14.5 Å². The van der Waals surface area contributed by atoms with Crippen LogP contribution in [0, 0.1) is 0 Å². The molecule has 0 atom stereocenters. The molecular weight excluding hydrogens is 240 g/mol. The third-order valence-electron chi connectivity index (χ3n) is 2.60. The van der Waals surface area contributed by atoms with Gasteiger partial charge in [-0.05, 0) is 25.7 Å². The second kappa shape index (κ2) is 5.72. The van der Waals surface area contributed by atoms with Gasteiger partial charge in [-0.15, -0.1) is 0 Å². The van der Waals surface area contributed by atoms with Gasteiger partial charge in [0.25, 0.3) is 6.29 Å². The monoisotopic (exact) mass is 253 g/mol. The van der Waals surface area contributed by atoms with Crippen molar-refractivity contribution in [1.82, 2.24) is 9.36 Å². The number of nitrogen functional groups attached to an aromatic ring is 1. The third-order valence-corrected chi connectivity index (χ3v) is 3.14. The first-order valence-electron chi connectivity index (χ1n) is 5.51. The van der Waals surface area contributed by atoms with Gasteiger partial charge in [-0.2, -0.15) is 9.36 Å². The van der Waals surface area contributed by atoms with Crippen molar-refractivity contribution in [3.8, 4) is 0 Å². The van der Waals surface area contributed by atoms with E-state index >= 15 is 0 Å². The fourth-order valence-electron chi connectivity index (χ4n) is 1.73. The molecular formula is C10H13N4O2S. The number of rotatable bonds is 4. The first-order valence-corrected chi connectivity index (χ1v) is 6.28. The Morgan fingerprint density at radius 2 is 2.24 bits per heavy atom. The van der Waals surface area contributed by atoms with E-state index in [-0.39, 0.29) is 17.6 Å². The molecule has 1 fully saturated rings. The Kier molecular flexibility index (Phi) is 4.03. The van der Waals surface area contributed by atoms with E-state index in [0.29, 0.717) is 5.13 Å². The van der Waals surface area contributed by atoms with E-state index < -0.39 is 0 Å². The maximum absolute atomic E-state index is 10.7. The predicted molar refractivity (Wildman–Crippen MR) is 64.5 cm³/mol. The van der Waals surface area contributed by atoms with Crippen molar-refractivity contribution in [1.29, 1.82) is 0 Å². The zero-order chi connectivity index (χ0) is 12.1. The van der Waals surface area contributed by atoms with E-state index in [0.717, 1.165) is 37.2 Å². The lowest BCUT2D eigenvalue weighted by Gasteiger charge is -2.19. The second-order valence-corrected chi connectivity index (χ2v) is 4.65. The van der Waals surface area contributed by atoms with Crippen LogP contribution in [0.2, 0.25) is 0 Å². The van der Waals surface area contributed by atoms with Crippen LogP contribution in [0.15, 0.2) is 5.16 Å². The van der Waals surface area contributed by atoms with Gasteiger partial charge in [0, 0.05) is 11.5 Å². The largest absolute Gasteiger partial charge is 0.392 e. The van der Waals surface area contributed by atoms with Gasteiger partial charge in [0.2, 0.25) is 5.82 Å². The zero-order valence-electron chi connectivity index (χ0n) is 9.26. The van der Waals surface area contributed by atoms with Crippen molar-refractivity contribution in [3.05, 3.63) is 5.82 Å². The van der Waals surface area contributed by atoms with Gasteiger partial charge in [-0.1, -0.05) is 11.6 Å². The molecule has 1 aromatic rings. The highest BCUT2D eigenvalue weighted by Gasteiger charge is 2.16. The summed E-state index contributed by atoms with van der Waals surface area (Å²) in [5.41, 5.74) is 5.40. The lowest BCUT2D eigenvalue weighted by molar-refractivity contribution is 0.0334. The van der Waals surface area contributed by atoms with Crippen molar-refractivity contribution < 1.29 is 9.63 Å². The highest BCUT2D eigenvalue weighted by Crippen LogP contribution is 2.20. The highest BCUT2D eigenvalue weighted by molar-refractivity contribution is 7.09. The summed E-state index contributed by atoms with van der Waals surface area (Å²) in [5, 5.41) is 4.06. The molecule has 1 heterocycles. The van der Waals surface area contributed by atoms with Crippen LogP contribution in [0.4, 0.5) is 5.13 Å². The van der Waals surface area contributed by atoms with Crippen LogP contribution in [-0.2, 0) is 9.63 Å². The molecule has 1 saturated carbocycles. The third kappa shape index (κ3) is 3.23. The molecule has 2 N–H and O–H groups in total. The summed E-state index contributed by atoms with van der Waals surface area (Å²) in [5.74, 6) is 0.179. The standard InChI is InChI=1S/C10H13N4O2S/c11-10-12-9(14-17-10)8(6-15)13-16-7-4-2-1-3-5-7/h7H,1-5H2,(H2,11,12,14)/b13-8+. The van der Waals surface area contributed by atoms with Crippen molar-refractivity contribution in [2.24, 2.45) is 5.16 Å². The Labute approximate surface area is 103 Å². The molecule has 1 radical (unpaired) electrons. The van der Waals surface area contributed by atoms with Gasteiger partial charge >= 0.3 is 0 Å². The van der Waals surface area contributed by atoms with Crippen LogP contribution in [0.25, 0.3) is 0 Å². The molecule has 91 valence electrons. The summed E-state index contributed by atoms with van der Waals surface area (Å²) >= 11 is 1.01. The average Bonchev–Trinajstić information content (AvgIpc) is 2.78. The molecule has 1 aliphatic carbocycles. The molecule has 17 heavy (non-hydrogen) atoms. The fourth-order valence-corrected chi connectivity index (χ4v) is 2.17. The molecule has 0 bridgehead atoms. The minimum atomic E-state index is -0.0245. The summed E-state index contributed by atoms with van der Waals surface area (Å²) in [6.45, 7) is 0. The van der Waals surface area contributed by atoms with Gasteiger partial charge in [-0.25, -0.2) is 0 Å². The van der Waals surface area contributed by atoms with E-state index in [1.807, 2.05) is 0 Å². The number of carbonyl (C=O) groups excluding carboxylic acids is 1. The molecule has 0 aliphatic heterocycles. The minimum Gasteiger partial charge on any atom is -0.392 e. The number of hydrogen-bond donors (Lipinski definition) is 1.